The number of nitrogens with zero attached hydrogens (tertiary/aromatic N) is 1. The summed E-state index contributed by atoms with van der Waals surface area (Å²) in [5.74, 6) is -1.48. The molecule has 1 N–H and O–H groups in total. The topological polar surface area (TPSA) is 36.1 Å². The molecule has 6 heteroatoms. The standard InChI is InChI=1S/C15H15F3N2O/c16-15(17,18)12-4-7-20(8-5-12)14(21)11-1-2-13-10(9-11)3-6-19-13/h1-3,6,9,12,19H,4-5,7-8H2. The third-order valence-corrected chi connectivity index (χ3v) is 4.05. The number of likely N-dealkylation sites (tertiary alicyclic amines) is 1. The van der Waals surface area contributed by atoms with Gasteiger partial charge in [-0.15, -0.1) is 0 Å². The van der Waals surface area contributed by atoms with Crippen molar-refractivity contribution in [2.45, 2.75) is 19.0 Å². The van der Waals surface area contributed by atoms with Crippen molar-refractivity contribution in [1.29, 1.82) is 0 Å². The molecule has 3 nitrogen and oxygen atoms in total. The van der Waals surface area contributed by atoms with Gasteiger partial charge in [0.2, 0.25) is 0 Å². The SMILES string of the molecule is O=C(c1ccc2[nH]ccc2c1)N1CCC(C(F)(F)F)CC1. The Morgan fingerprint density at radius 3 is 2.57 bits per heavy atom. The van der Waals surface area contributed by atoms with E-state index in [4.69, 9.17) is 0 Å². The molecule has 0 spiro atoms. The van der Waals surface area contributed by atoms with Crippen LogP contribution in [0.4, 0.5) is 13.2 Å². The fourth-order valence-corrected chi connectivity index (χ4v) is 2.78. The predicted octanol–water partition coefficient (Wildman–Crippen LogP) is 3.58. The Morgan fingerprint density at radius 1 is 1.19 bits per heavy atom. The van der Waals surface area contributed by atoms with Gasteiger partial charge in [-0.1, -0.05) is 0 Å². The Kier molecular flexibility index (Phi) is 3.39. The summed E-state index contributed by atoms with van der Waals surface area (Å²) in [6.45, 7) is 0.322. The quantitative estimate of drug-likeness (QED) is 0.858. The van der Waals surface area contributed by atoms with Crippen LogP contribution in [0.2, 0.25) is 0 Å². The maximum absolute atomic E-state index is 12.6. The minimum Gasteiger partial charge on any atom is -0.361 e. The van der Waals surface area contributed by atoms with Crippen LogP contribution >= 0.6 is 0 Å². The van der Waals surface area contributed by atoms with Crippen LogP contribution in [-0.4, -0.2) is 35.1 Å². The van der Waals surface area contributed by atoms with Gasteiger partial charge in [-0.3, -0.25) is 4.79 Å². The van der Waals surface area contributed by atoms with Gasteiger partial charge in [-0.2, -0.15) is 13.2 Å². The Bertz CT molecular complexity index is 654. The summed E-state index contributed by atoms with van der Waals surface area (Å²) >= 11 is 0. The van der Waals surface area contributed by atoms with E-state index in [9.17, 15) is 18.0 Å². The number of carbonyl (C=O) groups is 1. The number of aromatic amines is 1. The molecule has 1 aliphatic heterocycles. The number of benzene rings is 1. The molecule has 1 aliphatic rings. The number of carbonyl (C=O) groups excluding carboxylic acids is 1. The summed E-state index contributed by atoms with van der Waals surface area (Å²) in [5.41, 5.74) is 1.45. The van der Waals surface area contributed by atoms with Crippen molar-refractivity contribution in [1.82, 2.24) is 9.88 Å². The highest BCUT2D eigenvalue weighted by molar-refractivity contribution is 5.98. The van der Waals surface area contributed by atoms with Gasteiger partial charge in [0, 0.05) is 35.8 Å². The summed E-state index contributed by atoms with van der Waals surface area (Å²) in [7, 11) is 0. The van der Waals surface area contributed by atoms with E-state index in [2.05, 4.69) is 4.98 Å². The zero-order chi connectivity index (χ0) is 15.0. The molecule has 2 aromatic rings. The van der Waals surface area contributed by atoms with Crippen LogP contribution in [0.25, 0.3) is 10.9 Å². The third-order valence-electron chi connectivity index (χ3n) is 4.05. The summed E-state index contributed by atoms with van der Waals surface area (Å²) < 4.78 is 37.9. The van der Waals surface area contributed by atoms with Gasteiger partial charge in [-0.05, 0) is 37.1 Å². The highest BCUT2D eigenvalue weighted by Crippen LogP contribution is 2.34. The molecule has 3 rings (SSSR count). The summed E-state index contributed by atoms with van der Waals surface area (Å²) in [6.07, 6.45) is -2.39. The van der Waals surface area contributed by atoms with Crippen LogP contribution < -0.4 is 0 Å². The van der Waals surface area contributed by atoms with E-state index in [0.717, 1.165) is 10.9 Å². The van der Waals surface area contributed by atoms with E-state index in [1.165, 1.54) is 4.90 Å². The molecule has 1 amide bonds. The molecule has 0 radical (unpaired) electrons. The van der Waals surface area contributed by atoms with Crippen LogP contribution in [0.15, 0.2) is 30.5 Å². The Hall–Kier alpha value is -1.98. The number of aromatic nitrogens is 1. The summed E-state index contributed by atoms with van der Waals surface area (Å²) in [4.78, 5) is 16.9. The number of H-pyrrole nitrogens is 1. The van der Waals surface area contributed by atoms with Gasteiger partial charge < -0.3 is 9.88 Å². The molecule has 21 heavy (non-hydrogen) atoms. The van der Waals surface area contributed by atoms with Crippen molar-refractivity contribution in [3.8, 4) is 0 Å². The molecule has 1 saturated heterocycles. The van der Waals surface area contributed by atoms with Crippen molar-refractivity contribution in [3.63, 3.8) is 0 Å². The fraction of sp³-hybridized carbons (Fsp3) is 0.400. The molecule has 0 atom stereocenters. The van der Waals surface area contributed by atoms with Crippen LogP contribution in [-0.2, 0) is 0 Å². The summed E-state index contributed by atoms with van der Waals surface area (Å²) in [5, 5.41) is 0.922. The second-order valence-electron chi connectivity index (χ2n) is 5.39. The molecule has 112 valence electrons. The largest absolute Gasteiger partial charge is 0.391 e. The van der Waals surface area contributed by atoms with Gasteiger partial charge in [0.15, 0.2) is 0 Å². The summed E-state index contributed by atoms with van der Waals surface area (Å²) in [6, 6.07) is 7.15. The lowest BCUT2D eigenvalue weighted by Crippen LogP contribution is -2.42. The Morgan fingerprint density at radius 2 is 1.90 bits per heavy atom. The molecule has 0 saturated carbocycles. The molecule has 0 aliphatic carbocycles. The molecule has 1 aromatic heterocycles. The molecule has 1 aromatic carbocycles. The lowest BCUT2D eigenvalue weighted by Gasteiger charge is -2.33. The monoisotopic (exact) mass is 296 g/mol. The second-order valence-corrected chi connectivity index (χ2v) is 5.39. The van der Waals surface area contributed by atoms with Gasteiger partial charge in [0.05, 0.1) is 5.92 Å². The van der Waals surface area contributed by atoms with Crippen LogP contribution in [0, 0.1) is 5.92 Å². The molecule has 0 bridgehead atoms. The van der Waals surface area contributed by atoms with E-state index >= 15 is 0 Å². The number of rotatable bonds is 1. The smallest absolute Gasteiger partial charge is 0.361 e. The highest BCUT2D eigenvalue weighted by atomic mass is 19.4. The maximum atomic E-state index is 12.6. The lowest BCUT2D eigenvalue weighted by molar-refractivity contribution is -0.183. The highest BCUT2D eigenvalue weighted by Gasteiger charge is 2.41. The first-order valence-electron chi connectivity index (χ1n) is 6.88. The number of alkyl halides is 3. The van der Waals surface area contributed by atoms with E-state index in [0.29, 0.717) is 5.56 Å². The lowest BCUT2D eigenvalue weighted by atomic mass is 9.96. The van der Waals surface area contributed by atoms with Gasteiger partial charge in [0.1, 0.15) is 0 Å². The average molecular weight is 296 g/mol. The maximum Gasteiger partial charge on any atom is 0.391 e. The molecular weight excluding hydrogens is 281 g/mol. The number of hydrogen-bond donors (Lipinski definition) is 1. The van der Waals surface area contributed by atoms with Crippen molar-refractivity contribution in [2.24, 2.45) is 5.92 Å². The molecule has 2 heterocycles. The predicted molar refractivity (Wildman–Crippen MR) is 73.0 cm³/mol. The number of nitrogens with one attached hydrogen (secondary N) is 1. The normalized spacial score (nSPS) is 17.4. The van der Waals surface area contributed by atoms with Crippen LogP contribution in [0.5, 0.6) is 0 Å². The van der Waals surface area contributed by atoms with Crippen molar-refractivity contribution >= 4 is 16.8 Å². The number of hydrogen-bond acceptors (Lipinski definition) is 1. The zero-order valence-electron chi connectivity index (χ0n) is 11.3. The molecule has 1 fully saturated rings. The number of amides is 1. The van der Waals surface area contributed by atoms with E-state index in [-0.39, 0.29) is 31.8 Å². The first kappa shape index (κ1) is 14.0. The first-order valence-corrected chi connectivity index (χ1v) is 6.88. The van der Waals surface area contributed by atoms with Crippen LogP contribution in [0.3, 0.4) is 0 Å². The van der Waals surface area contributed by atoms with Crippen LogP contribution in [0.1, 0.15) is 23.2 Å². The van der Waals surface area contributed by atoms with E-state index < -0.39 is 12.1 Å². The second kappa shape index (κ2) is 5.09. The Balaban J connectivity index is 1.71. The zero-order valence-corrected chi connectivity index (χ0v) is 11.3. The number of piperidine rings is 1. The third kappa shape index (κ3) is 2.75. The number of fused-ring (bicyclic) bond motifs is 1. The molecular formula is C15H15F3N2O. The first-order chi connectivity index (χ1) is 9.95. The van der Waals surface area contributed by atoms with Crippen molar-refractivity contribution in [2.75, 3.05) is 13.1 Å². The van der Waals surface area contributed by atoms with Crippen molar-refractivity contribution in [3.05, 3.63) is 36.0 Å². The minimum atomic E-state index is -4.15. The average Bonchev–Trinajstić information content (AvgIpc) is 2.93. The van der Waals surface area contributed by atoms with Crippen molar-refractivity contribution < 1.29 is 18.0 Å². The van der Waals surface area contributed by atoms with Gasteiger partial charge >= 0.3 is 6.18 Å². The van der Waals surface area contributed by atoms with Gasteiger partial charge in [-0.25, -0.2) is 0 Å². The Labute approximate surface area is 119 Å². The van der Waals surface area contributed by atoms with Gasteiger partial charge in [0.25, 0.3) is 5.91 Å². The minimum absolute atomic E-state index is 0.0123. The fourth-order valence-electron chi connectivity index (χ4n) is 2.78. The van der Waals surface area contributed by atoms with E-state index in [1.54, 1.807) is 18.3 Å². The molecule has 0 unspecified atom stereocenters. The number of halogens is 3. The van der Waals surface area contributed by atoms with E-state index in [1.807, 2.05) is 12.1 Å².